The van der Waals surface area contributed by atoms with Crippen LogP contribution in [0.4, 0.5) is 23.3 Å². The fourth-order valence-corrected chi connectivity index (χ4v) is 4.67. The number of ether oxygens (including phenoxy) is 1. The number of benzene rings is 1. The molecule has 1 aliphatic heterocycles. The minimum atomic E-state index is -3.49. The molecular weight excluding hydrogens is 516 g/mol. The van der Waals surface area contributed by atoms with E-state index in [1.807, 2.05) is 6.07 Å². The zero-order valence-electron chi connectivity index (χ0n) is 21.1. The Kier molecular flexibility index (Phi) is 8.75. The molecule has 0 atom stereocenters. The van der Waals surface area contributed by atoms with E-state index >= 15 is 0 Å². The third-order valence-corrected chi connectivity index (χ3v) is 7.63. The number of hydrogen-bond donors (Lipinski definition) is 2. The summed E-state index contributed by atoms with van der Waals surface area (Å²) in [6.07, 6.45) is 7.53. The Balaban J connectivity index is 1.45. The second-order valence-electron chi connectivity index (χ2n) is 8.74. The number of anilines is 4. The van der Waals surface area contributed by atoms with Crippen molar-refractivity contribution < 1.29 is 13.2 Å². The predicted octanol–water partition coefficient (Wildman–Crippen LogP) is 2.72. The van der Waals surface area contributed by atoms with Crippen LogP contribution in [0.5, 0.6) is 0 Å². The first-order valence-electron chi connectivity index (χ1n) is 11.8. The van der Waals surface area contributed by atoms with Crippen molar-refractivity contribution in [2.75, 3.05) is 61.6 Å². The summed E-state index contributed by atoms with van der Waals surface area (Å²) in [5.41, 5.74) is 3.99. The second kappa shape index (κ2) is 12.0. The quantitative estimate of drug-likeness (QED) is 0.392. The smallest absolute Gasteiger partial charge is 0.233 e. The molecule has 0 spiro atoms. The van der Waals surface area contributed by atoms with Gasteiger partial charge in [-0.1, -0.05) is 17.7 Å². The lowest BCUT2D eigenvalue weighted by atomic mass is 10.0. The Morgan fingerprint density at radius 1 is 1.14 bits per heavy atom. The molecule has 4 rings (SSSR count). The van der Waals surface area contributed by atoms with Crippen LogP contribution in [0.15, 0.2) is 36.8 Å². The molecule has 0 fully saturated rings. The van der Waals surface area contributed by atoms with Crippen LogP contribution in [0.1, 0.15) is 16.8 Å². The lowest BCUT2D eigenvalue weighted by Crippen LogP contribution is -2.29. The maximum absolute atomic E-state index is 12.0. The molecule has 1 aliphatic rings. The Hall–Kier alpha value is -3.06. The third-order valence-electron chi connectivity index (χ3n) is 6.18. The average molecular weight is 547 g/mol. The van der Waals surface area contributed by atoms with Gasteiger partial charge >= 0.3 is 0 Å². The minimum absolute atomic E-state index is 0.164. The van der Waals surface area contributed by atoms with E-state index in [-0.39, 0.29) is 12.4 Å². The summed E-state index contributed by atoms with van der Waals surface area (Å²) < 4.78 is 30.3. The molecule has 0 unspecified atom stereocenters. The summed E-state index contributed by atoms with van der Waals surface area (Å²) >= 11 is 6.33. The molecular formula is C24H31ClN8O3S. The number of sulfonamides is 1. The summed E-state index contributed by atoms with van der Waals surface area (Å²) in [6, 6.07) is 6.33. The van der Waals surface area contributed by atoms with Crippen molar-refractivity contribution in [3.05, 3.63) is 58.6 Å². The molecule has 11 nitrogen and oxygen atoms in total. The van der Waals surface area contributed by atoms with E-state index in [2.05, 4.69) is 47.6 Å². The van der Waals surface area contributed by atoms with Gasteiger partial charge in [-0.2, -0.15) is 4.98 Å². The van der Waals surface area contributed by atoms with Crippen LogP contribution in [0.3, 0.4) is 0 Å². The van der Waals surface area contributed by atoms with E-state index in [1.54, 1.807) is 7.11 Å². The highest BCUT2D eigenvalue weighted by Crippen LogP contribution is 2.25. The van der Waals surface area contributed by atoms with Crippen LogP contribution < -0.4 is 14.9 Å². The van der Waals surface area contributed by atoms with Crippen molar-refractivity contribution in [3.63, 3.8) is 0 Å². The number of nitrogens with zero attached hydrogens (tertiary/aromatic N) is 6. The molecule has 2 aromatic heterocycles. The first kappa shape index (κ1) is 27.0. The zero-order chi connectivity index (χ0) is 26.4. The Bertz CT molecular complexity index is 1340. The largest absolute Gasteiger partial charge is 0.383 e. The highest BCUT2D eigenvalue weighted by Gasteiger charge is 2.19. The first-order valence-corrected chi connectivity index (χ1v) is 14.1. The maximum atomic E-state index is 12.0. The molecule has 0 saturated heterocycles. The molecule has 1 aromatic carbocycles. The number of halogens is 1. The Labute approximate surface area is 222 Å². The lowest BCUT2D eigenvalue weighted by molar-refractivity contribution is 0.150. The van der Waals surface area contributed by atoms with Crippen LogP contribution in [0.25, 0.3) is 0 Å². The molecule has 0 aliphatic carbocycles. The molecule has 37 heavy (non-hydrogen) atoms. The van der Waals surface area contributed by atoms with Crippen LogP contribution in [0, 0.1) is 0 Å². The van der Waals surface area contributed by atoms with Gasteiger partial charge in [0, 0.05) is 51.9 Å². The molecule has 0 saturated carbocycles. The lowest BCUT2D eigenvalue weighted by Gasteiger charge is -2.18. The van der Waals surface area contributed by atoms with E-state index in [0.29, 0.717) is 22.5 Å². The molecule has 13 heteroatoms. The summed E-state index contributed by atoms with van der Waals surface area (Å²) in [4.78, 5) is 19.7. The molecule has 2 N–H and O–H groups in total. The average Bonchev–Trinajstić information content (AvgIpc) is 3.09. The second-order valence-corrected chi connectivity index (χ2v) is 11.2. The normalized spacial score (nSPS) is 14.1. The minimum Gasteiger partial charge on any atom is -0.383 e. The fraction of sp³-hybridized carbons (Fsp3) is 0.417. The SMILES string of the molecule is COCCN1CCc2ccc(Nc3ncc(Cl)c(NCc4nccnc4N(C)S(C)(=O)=O)n3)cc2CC1. The van der Waals surface area contributed by atoms with Gasteiger partial charge in [0.05, 0.1) is 25.6 Å². The monoisotopic (exact) mass is 546 g/mol. The van der Waals surface area contributed by atoms with Gasteiger partial charge in [-0.05, 0) is 36.1 Å². The van der Waals surface area contributed by atoms with Gasteiger partial charge in [0.15, 0.2) is 11.6 Å². The van der Waals surface area contributed by atoms with Crippen molar-refractivity contribution in [2.24, 2.45) is 0 Å². The molecule has 3 aromatic rings. The molecule has 3 heterocycles. The van der Waals surface area contributed by atoms with Crippen LogP contribution in [0.2, 0.25) is 5.02 Å². The number of hydrogen-bond acceptors (Lipinski definition) is 10. The van der Waals surface area contributed by atoms with E-state index in [1.165, 1.54) is 36.8 Å². The van der Waals surface area contributed by atoms with Crippen molar-refractivity contribution in [1.82, 2.24) is 24.8 Å². The van der Waals surface area contributed by atoms with E-state index < -0.39 is 10.0 Å². The predicted molar refractivity (Wildman–Crippen MR) is 145 cm³/mol. The van der Waals surface area contributed by atoms with E-state index in [9.17, 15) is 8.42 Å². The zero-order valence-corrected chi connectivity index (χ0v) is 22.7. The van der Waals surface area contributed by atoms with E-state index in [0.717, 1.165) is 55.3 Å². The van der Waals surface area contributed by atoms with E-state index in [4.69, 9.17) is 16.3 Å². The number of nitrogens with one attached hydrogen (secondary N) is 2. The Morgan fingerprint density at radius 2 is 1.89 bits per heavy atom. The van der Waals surface area contributed by atoms with Crippen molar-refractivity contribution in [1.29, 1.82) is 0 Å². The van der Waals surface area contributed by atoms with Crippen LogP contribution >= 0.6 is 11.6 Å². The van der Waals surface area contributed by atoms with Gasteiger partial charge in [-0.3, -0.25) is 9.29 Å². The number of methoxy groups -OCH3 is 1. The van der Waals surface area contributed by atoms with Crippen molar-refractivity contribution in [2.45, 2.75) is 19.4 Å². The maximum Gasteiger partial charge on any atom is 0.233 e. The first-order chi connectivity index (χ1) is 17.7. The molecule has 0 radical (unpaired) electrons. The number of fused-ring (bicyclic) bond motifs is 1. The summed E-state index contributed by atoms with van der Waals surface area (Å²) in [5.74, 6) is 1.00. The van der Waals surface area contributed by atoms with Gasteiger partial charge < -0.3 is 20.3 Å². The van der Waals surface area contributed by atoms with Gasteiger partial charge in [-0.25, -0.2) is 18.4 Å². The van der Waals surface area contributed by atoms with Crippen molar-refractivity contribution >= 4 is 44.9 Å². The standard InChI is InChI=1S/C24H31ClN8O3S/c1-32(37(3,34)35)23-21(26-8-9-27-23)16-28-22-20(25)15-29-24(31-22)30-19-5-4-17-6-10-33(12-13-36-2)11-7-18(17)14-19/h4-5,8-9,14-15H,6-7,10-13,16H2,1-3H3,(H2,28,29,30,31). The summed E-state index contributed by atoms with van der Waals surface area (Å²) in [6.45, 7) is 3.85. The summed E-state index contributed by atoms with van der Waals surface area (Å²) in [5, 5.41) is 6.71. The third kappa shape index (κ3) is 7.04. The number of aromatic nitrogens is 4. The number of rotatable bonds is 10. The summed E-state index contributed by atoms with van der Waals surface area (Å²) in [7, 11) is -0.332. The highest BCUT2D eigenvalue weighted by atomic mass is 35.5. The van der Waals surface area contributed by atoms with Crippen LogP contribution in [-0.4, -0.2) is 79.9 Å². The molecule has 0 bridgehead atoms. The fourth-order valence-electron chi connectivity index (χ4n) is 4.05. The van der Waals surface area contributed by atoms with Gasteiger partial charge in [0.1, 0.15) is 10.7 Å². The van der Waals surface area contributed by atoms with Gasteiger partial charge in [-0.15, -0.1) is 0 Å². The molecule has 0 amide bonds. The van der Waals surface area contributed by atoms with Crippen LogP contribution in [-0.2, 0) is 34.1 Å². The van der Waals surface area contributed by atoms with Gasteiger partial charge in [0.2, 0.25) is 16.0 Å². The Morgan fingerprint density at radius 3 is 2.65 bits per heavy atom. The topological polar surface area (TPSA) is 125 Å². The van der Waals surface area contributed by atoms with Gasteiger partial charge in [0.25, 0.3) is 0 Å². The highest BCUT2D eigenvalue weighted by molar-refractivity contribution is 7.92. The van der Waals surface area contributed by atoms with Crippen molar-refractivity contribution in [3.8, 4) is 0 Å². The molecule has 198 valence electrons.